The fourth-order valence-corrected chi connectivity index (χ4v) is 3.90. The number of allylic oxidation sites excluding steroid dienone is 1. The van der Waals surface area contributed by atoms with Crippen LogP contribution in [-0.2, 0) is 6.54 Å². The molecule has 0 aliphatic rings. The Labute approximate surface area is 181 Å². The topological polar surface area (TPSA) is 29.0 Å². The summed E-state index contributed by atoms with van der Waals surface area (Å²) < 4.78 is 1.00. The SMILES string of the molecule is C=C(C)C(CCN(Cc1nc(C)c2ccccc2n1)C(=C)I)c1ccccc1. The van der Waals surface area contributed by atoms with E-state index in [-0.39, 0.29) is 0 Å². The molecule has 3 aromatic rings. The first kappa shape index (κ1) is 20.5. The maximum atomic E-state index is 4.76. The van der Waals surface area contributed by atoms with E-state index in [0.717, 1.165) is 39.1 Å². The van der Waals surface area contributed by atoms with Gasteiger partial charge in [-0.1, -0.05) is 67.3 Å². The summed E-state index contributed by atoms with van der Waals surface area (Å²) in [5, 5.41) is 1.11. The summed E-state index contributed by atoms with van der Waals surface area (Å²) in [6.45, 7) is 14.1. The Morgan fingerprint density at radius 2 is 1.71 bits per heavy atom. The lowest BCUT2D eigenvalue weighted by Crippen LogP contribution is -2.24. The van der Waals surface area contributed by atoms with Crippen molar-refractivity contribution < 1.29 is 0 Å². The van der Waals surface area contributed by atoms with Crippen LogP contribution in [-0.4, -0.2) is 21.4 Å². The highest BCUT2D eigenvalue weighted by atomic mass is 127. The van der Waals surface area contributed by atoms with E-state index >= 15 is 0 Å². The van der Waals surface area contributed by atoms with Gasteiger partial charge in [-0.3, -0.25) is 0 Å². The number of benzene rings is 2. The Kier molecular flexibility index (Phi) is 6.83. The van der Waals surface area contributed by atoms with Crippen molar-refractivity contribution in [2.24, 2.45) is 0 Å². The van der Waals surface area contributed by atoms with Crippen molar-refractivity contribution in [3.8, 4) is 0 Å². The van der Waals surface area contributed by atoms with Crippen LogP contribution in [0.15, 0.2) is 77.0 Å². The van der Waals surface area contributed by atoms with Gasteiger partial charge in [-0.15, -0.1) is 0 Å². The van der Waals surface area contributed by atoms with Gasteiger partial charge in [0.1, 0.15) is 5.82 Å². The van der Waals surface area contributed by atoms with Gasteiger partial charge in [0.2, 0.25) is 0 Å². The molecule has 0 fully saturated rings. The minimum absolute atomic E-state index is 0.332. The number of nitrogens with zero attached hydrogens (tertiary/aromatic N) is 3. The third-order valence-corrected chi connectivity index (χ3v) is 5.68. The molecule has 1 atom stereocenters. The van der Waals surface area contributed by atoms with Crippen LogP contribution in [0.1, 0.15) is 36.3 Å². The summed E-state index contributed by atoms with van der Waals surface area (Å²) in [5.41, 5.74) is 4.51. The first-order valence-corrected chi connectivity index (χ1v) is 10.6. The zero-order chi connectivity index (χ0) is 20.1. The molecule has 0 spiro atoms. The highest BCUT2D eigenvalue weighted by molar-refractivity contribution is 14.1. The third-order valence-electron chi connectivity index (χ3n) is 5.00. The molecule has 1 aromatic heterocycles. The largest absolute Gasteiger partial charge is 0.360 e. The Balaban J connectivity index is 1.77. The van der Waals surface area contributed by atoms with Crippen LogP contribution in [0.3, 0.4) is 0 Å². The van der Waals surface area contributed by atoms with Crippen LogP contribution in [0.2, 0.25) is 0 Å². The second-order valence-electron chi connectivity index (χ2n) is 7.14. The minimum atomic E-state index is 0.332. The number of para-hydroxylation sites is 1. The Bertz CT molecular complexity index is 982. The van der Waals surface area contributed by atoms with E-state index in [1.165, 1.54) is 11.1 Å². The molecular weight excluding hydrogens is 457 g/mol. The molecule has 1 unspecified atom stereocenters. The summed E-state index contributed by atoms with van der Waals surface area (Å²) >= 11 is 2.29. The molecule has 0 saturated heterocycles. The second-order valence-corrected chi connectivity index (χ2v) is 8.38. The van der Waals surface area contributed by atoms with Crippen LogP contribution in [0.4, 0.5) is 0 Å². The summed E-state index contributed by atoms with van der Waals surface area (Å²) in [6.07, 6.45) is 0.980. The number of fused-ring (bicyclic) bond motifs is 1. The van der Waals surface area contributed by atoms with Gasteiger partial charge >= 0.3 is 0 Å². The van der Waals surface area contributed by atoms with Crippen molar-refractivity contribution in [3.63, 3.8) is 0 Å². The Hall–Kier alpha value is -2.21. The van der Waals surface area contributed by atoms with Gasteiger partial charge in [-0.25, -0.2) is 9.97 Å². The fourth-order valence-electron chi connectivity index (χ4n) is 3.49. The molecule has 28 heavy (non-hydrogen) atoms. The number of hydrogen-bond donors (Lipinski definition) is 0. The molecule has 0 aliphatic carbocycles. The van der Waals surface area contributed by atoms with Crippen molar-refractivity contribution in [2.45, 2.75) is 32.7 Å². The summed E-state index contributed by atoms with van der Waals surface area (Å²) in [6, 6.07) is 18.7. The minimum Gasteiger partial charge on any atom is -0.360 e. The number of hydrogen-bond acceptors (Lipinski definition) is 3. The average molecular weight is 483 g/mol. The lowest BCUT2D eigenvalue weighted by atomic mass is 9.90. The smallest absolute Gasteiger partial charge is 0.148 e. The Morgan fingerprint density at radius 1 is 1.04 bits per heavy atom. The molecule has 0 amide bonds. The zero-order valence-corrected chi connectivity index (χ0v) is 18.7. The second kappa shape index (κ2) is 9.32. The predicted molar refractivity (Wildman–Crippen MR) is 126 cm³/mol. The molecule has 4 heteroatoms. The zero-order valence-electron chi connectivity index (χ0n) is 16.5. The van der Waals surface area contributed by atoms with E-state index < -0.39 is 0 Å². The van der Waals surface area contributed by atoms with Crippen molar-refractivity contribution in [1.82, 2.24) is 14.9 Å². The fraction of sp³-hybridized carbons (Fsp3) is 0.250. The molecule has 2 aromatic carbocycles. The number of rotatable bonds is 8. The number of halogens is 1. The molecule has 0 saturated carbocycles. The number of aromatic nitrogens is 2. The van der Waals surface area contributed by atoms with Gasteiger partial charge < -0.3 is 4.90 Å². The molecule has 0 aliphatic heterocycles. The van der Waals surface area contributed by atoms with Gasteiger partial charge in [0.15, 0.2) is 0 Å². The van der Waals surface area contributed by atoms with Crippen LogP contribution in [0, 0.1) is 6.92 Å². The molecule has 3 rings (SSSR count). The quantitative estimate of drug-likeness (QED) is 0.211. The van der Waals surface area contributed by atoms with Crippen LogP contribution < -0.4 is 0 Å². The van der Waals surface area contributed by atoms with Gasteiger partial charge in [0, 0.05) is 23.5 Å². The molecule has 0 N–H and O–H groups in total. The van der Waals surface area contributed by atoms with E-state index in [9.17, 15) is 0 Å². The van der Waals surface area contributed by atoms with Crippen molar-refractivity contribution in [2.75, 3.05) is 6.54 Å². The molecule has 0 bridgehead atoms. The van der Waals surface area contributed by atoms with E-state index in [1.54, 1.807) is 0 Å². The molecule has 0 radical (unpaired) electrons. The maximum absolute atomic E-state index is 4.76. The molecule has 144 valence electrons. The van der Waals surface area contributed by atoms with E-state index in [1.807, 2.05) is 25.1 Å². The average Bonchev–Trinajstić information content (AvgIpc) is 2.68. The third kappa shape index (κ3) is 4.98. The highest BCUT2D eigenvalue weighted by Crippen LogP contribution is 2.28. The molecular formula is C24H26IN3. The first-order chi connectivity index (χ1) is 13.5. The standard InChI is InChI=1S/C24H26IN3/c1-17(2)21(20-10-6-5-7-11-20)14-15-28(19(4)25)16-24-26-18(3)22-12-8-9-13-23(22)27-24/h5-13,21H,1,4,14-16H2,2-3H3. The summed E-state index contributed by atoms with van der Waals surface area (Å²) in [4.78, 5) is 11.7. The predicted octanol–water partition coefficient (Wildman–Crippen LogP) is 6.40. The van der Waals surface area contributed by atoms with E-state index in [2.05, 4.69) is 84.0 Å². The molecule has 3 nitrogen and oxygen atoms in total. The van der Waals surface area contributed by atoms with Gasteiger partial charge in [-0.2, -0.15) is 0 Å². The normalized spacial score (nSPS) is 12.0. The lowest BCUT2D eigenvalue weighted by molar-refractivity contribution is 0.343. The first-order valence-electron chi connectivity index (χ1n) is 9.47. The van der Waals surface area contributed by atoms with Crippen LogP contribution in [0.25, 0.3) is 10.9 Å². The number of aryl methyl sites for hydroxylation is 1. The maximum Gasteiger partial charge on any atom is 0.148 e. The van der Waals surface area contributed by atoms with E-state index in [0.29, 0.717) is 12.5 Å². The van der Waals surface area contributed by atoms with Crippen LogP contribution in [0.5, 0.6) is 0 Å². The van der Waals surface area contributed by atoms with Crippen molar-refractivity contribution >= 4 is 33.5 Å². The van der Waals surface area contributed by atoms with Gasteiger partial charge in [-0.05, 0) is 54.5 Å². The van der Waals surface area contributed by atoms with E-state index in [4.69, 9.17) is 9.97 Å². The van der Waals surface area contributed by atoms with Crippen LogP contribution >= 0.6 is 22.6 Å². The van der Waals surface area contributed by atoms with Gasteiger partial charge in [0.05, 0.1) is 15.8 Å². The highest BCUT2D eigenvalue weighted by Gasteiger charge is 2.16. The monoisotopic (exact) mass is 483 g/mol. The van der Waals surface area contributed by atoms with Crippen molar-refractivity contribution in [1.29, 1.82) is 0 Å². The summed E-state index contributed by atoms with van der Waals surface area (Å²) in [5.74, 6) is 1.17. The molecule has 1 heterocycles. The lowest BCUT2D eigenvalue weighted by Gasteiger charge is -2.26. The Morgan fingerprint density at radius 3 is 2.39 bits per heavy atom. The van der Waals surface area contributed by atoms with Crippen molar-refractivity contribution in [3.05, 3.63) is 94.1 Å². The van der Waals surface area contributed by atoms with Gasteiger partial charge in [0.25, 0.3) is 0 Å². The summed E-state index contributed by atoms with van der Waals surface area (Å²) in [7, 11) is 0.